The highest BCUT2D eigenvalue weighted by Crippen LogP contribution is 2.35. The summed E-state index contributed by atoms with van der Waals surface area (Å²) < 4.78 is 44.4. The van der Waals surface area contributed by atoms with Gasteiger partial charge in [-0.25, -0.2) is 9.97 Å². The maximum absolute atomic E-state index is 13.1. The first kappa shape index (κ1) is 20.3. The molecule has 1 atom stereocenters. The normalized spacial score (nSPS) is 19.5. The lowest BCUT2D eigenvalue weighted by Gasteiger charge is -2.26. The molecule has 4 N–H and O–H groups in total. The minimum atomic E-state index is -4.46. The van der Waals surface area contributed by atoms with Gasteiger partial charge in [0.1, 0.15) is 23.5 Å². The van der Waals surface area contributed by atoms with E-state index < -0.39 is 17.3 Å². The number of hydrogen-bond acceptors (Lipinski definition) is 6. The van der Waals surface area contributed by atoms with Gasteiger partial charge < -0.3 is 25.7 Å². The quantitative estimate of drug-likeness (QED) is 0.587. The summed E-state index contributed by atoms with van der Waals surface area (Å²) in [6, 6.07) is 3.57. The average Bonchev–Trinajstić information content (AvgIpc) is 3.29. The van der Waals surface area contributed by atoms with Crippen molar-refractivity contribution in [1.82, 2.24) is 15.0 Å². The lowest BCUT2D eigenvalue weighted by Crippen LogP contribution is -2.48. The number of anilines is 2. The summed E-state index contributed by atoms with van der Waals surface area (Å²) >= 11 is 0. The average molecular weight is 420 g/mol. The highest BCUT2D eigenvalue weighted by molar-refractivity contribution is 5.90. The number of fused-ring (bicyclic) bond motifs is 1. The largest absolute Gasteiger partial charge is 0.497 e. The van der Waals surface area contributed by atoms with Gasteiger partial charge >= 0.3 is 6.18 Å². The van der Waals surface area contributed by atoms with Crippen LogP contribution < -0.4 is 20.7 Å². The molecular formula is C20H23F3N6O. The van der Waals surface area contributed by atoms with Crippen molar-refractivity contribution in [1.29, 1.82) is 0 Å². The molecule has 160 valence electrons. The van der Waals surface area contributed by atoms with Gasteiger partial charge in [0.2, 0.25) is 0 Å². The number of nitrogens with one attached hydrogen (secondary N) is 2. The van der Waals surface area contributed by atoms with E-state index in [1.165, 1.54) is 19.5 Å². The van der Waals surface area contributed by atoms with Gasteiger partial charge in [0.15, 0.2) is 0 Å². The van der Waals surface area contributed by atoms with E-state index in [9.17, 15) is 13.2 Å². The van der Waals surface area contributed by atoms with Gasteiger partial charge in [-0.2, -0.15) is 13.2 Å². The molecule has 7 nitrogen and oxygen atoms in total. The molecule has 1 unspecified atom stereocenters. The lowest BCUT2D eigenvalue weighted by molar-refractivity contribution is -0.137. The number of nitrogens with two attached hydrogens (primary N) is 1. The van der Waals surface area contributed by atoms with Gasteiger partial charge in [-0.15, -0.1) is 0 Å². The smallest absolute Gasteiger partial charge is 0.416 e. The second-order valence-electron chi connectivity index (χ2n) is 7.73. The Balaban J connectivity index is 1.51. The first-order chi connectivity index (χ1) is 14.2. The Bertz CT molecular complexity index is 1070. The van der Waals surface area contributed by atoms with E-state index in [1.54, 1.807) is 0 Å². The van der Waals surface area contributed by atoms with Crippen LogP contribution in [0.3, 0.4) is 0 Å². The number of halogens is 3. The maximum atomic E-state index is 13.1. The zero-order valence-corrected chi connectivity index (χ0v) is 16.7. The number of benzene rings is 1. The van der Waals surface area contributed by atoms with Crippen molar-refractivity contribution in [2.45, 2.75) is 25.1 Å². The number of aryl methyl sites for hydroxylation is 1. The molecule has 0 saturated carbocycles. The molecule has 0 amide bonds. The number of nitrogens with zero attached hydrogens (tertiary/aromatic N) is 3. The van der Waals surface area contributed by atoms with Gasteiger partial charge in [-0.3, -0.25) is 0 Å². The van der Waals surface area contributed by atoms with Crippen LogP contribution in [0.1, 0.15) is 17.5 Å². The van der Waals surface area contributed by atoms with Crippen LogP contribution in [0.15, 0.2) is 30.7 Å². The number of alkyl halides is 3. The third-order valence-electron chi connectivity index (χ3n) is 5.45. The second kappa shape index (κ2) is 7.35. The molecule has 0 bridgehead atoms. The molecule has 0 radical (unpaired) electrons. The van der Waals surface area contributed by atoms with Crippen molar-refractivity contribution >= 4 is 22.5 Å². The summed E-state index contributed by atoms with van der Waals surface area (Å²) in [4.78, 5) is 13.9. The Kier molecular flexibility index (Phi) is 4.97. The Morgan fingerprint density at radius 1 is 1.30 bits per heavy atom. The van der Waals surface area contributed by atoms with E-state index in [0.717, 1.165) is 34.5 Å². The SMILES string of the molecule is COc1cc(NCC2(N)CCN(c3ncnc4[nH]cc(C)c34)C2)cc(C(F)(F)F)c1. The van der Waals surface area contributed by atoms with Crippen molar-refractivity contribution in [2.75, 3.05) is 37.0 Å². The van der Waals surface area contributed by atoms with Crippen LogP contribution in [0.5, 0.6) is 5.75 Å². The molecule has 1 fully saturated rings. The van der Waals surface area contributed by atoms with E-state index in [2.05, 4.69) is 25.2 Å². The number of methoxy groups -OCH3 is 1. The predicted octanol–water partition coefficient (Wildman–Crippen LogP) is 3.31. The van der Waals surface area contributed by atoms with Gasteiger partial charge in [0.05, 0.1) is 23.6 Å². The van der Waals surface area contributed by atoms with E-state index in [-0.39, 0.29) is 5.75 Å². The summed E-state index contributed by atoms with van der Waals surface area (Å²) in [5.74, 6) is 0.949. The fraction of sp³-hybridized carbons (Fsp3) is 0.400. The summed E-state index contributed by atoms with van der Waals surface area (Å²) in [7, 11) is 1.34. The lowest BCUT2D eigenvalue weighted by atomic mass is 10.00. The van der Waals surface area contributed by atoms with Gasteiger partial charge in [-0.05, 0) is 31.0 Å². The Hall–Kier alpha value is -3.01. The van der Waals surface area contributed by atoms with E-state index >= 15 is 0 Å². The molecule has 1 saturated heterocycles. The van der Waals surface area contributed by atoms with Crippen LogP contribution >= 0.6 is 0 Å². The van der Waals surface area contributed by atoms with Crippen molar-refractivity contribution in [3.8, 4) is 5.75 Å². The van der Waals surface area contributed by atoms with Crippen LogP contribution in [0.4, 0.5) is 24.7 Å². The van der Waals surface area contributed by atoms with Crippen LogP contribution in [-0.2, 0) is 6.18 Å². The molecule has 1 aliphatic rings. The number of hydrogen-bond donors (Lipinski definition) is 3. The highest BCUT2D eigenvalue weighted by atomic mass is 19.4. The van der Waals surface area contributed by atoms with Crippen molar-refractivity contribution in [3.05, 3.63) is 41.9 Å². The molecule has 2 aromatic heterocycles. The minimum Gasteiger partial charge on any atom is -0.497 e. The zero-order valence-electron chi connectivity index (χ0n) is 16.7. The third kappa shape index (κ3) is 3.87. The van der Waals surface area contributed by atoms with Crippen LogP contribution in [0, 0.1) is 6.92 Å². The minimum absolute atomic E-state index is 0.137. The molecule has 1 aromatic carbocycles. The zero-order chi connectivity index (χ0) is 21.5. The molecule has 3 heterocycles. The van der Waals surface area contributed by atoms with Gasteiger partial charge in [-0.1, -0.05) is 0 Å². The van der Waals surface area contributed by atoms with Crippen LogP contribution in [-0.4, -0.2) is 47.2 Å². The molecule has 3 aromatic rings. The van der Waals surface area contributed by atoms with E-state index in [0.29, 0.717) is 31.7 Å². The topological polar surface area (TPSA) is 92.1 Å². The number of ether oxygens (including phenoxy) is 1. The van der Waals surface area contributed by atoms with Crippen molar-refractivity contribution in [3.63, 3.8) is 0 Å². The van der Waals surface area contributed by atoms with E-state index in [1.807, 2.05) is 13.1 Å². The van der Waals surface area contributed by atoms with Crippen LogP contribution in [0.25, 0.3) is 11.0 Å². The maximum Gasteiger partial charge on any atom is 0.416 e. The number of H-pyrrole nitrogens is 1. The van der Waals surface area contributed by atoms with Crippen molar-refractivity contribution < 1.29 is 17.9 Å². The summed E-state index contributed by atoms with van der Waals surface area (Å²) in [6.45, 7) is 3.52. The molecule has 0 aliphatic carbocycles. The first-order valence-corrected chi connectivity index (χ1v) is 9.51. The fourth-order valence-corrected chi connectivity index (χ4v) is 3.82. The Labute approximate surface area is 171 Å². The Morgan fingerprint density at radius 3 is 2.83 bits per heavy atom. The summed E-state index contributed by atoms with van der Waals surface area (Å²) in [5, 5.41) is 4.02. The van der Waals surface area contributed by atoms with Gasteiger partial charge in [0, 0.05) is 37.6 Å². The number of aromatic nitrogens is 3. The summed E-state index contributed by atoms with van der Waals surface area (Å²) in [6.07, 6.45) is -0.387. The van der Waals surface area contributed by atoms with Crippen molar-refractivity contribution in [2.24, 2.45) is 5.73 Å². The second-order valence-corrected chi connectivity index (χ2v) is 7.73. The third-order valence-corrected chi connectivity index (χ3v) is 5.45. The molecule has 0 spiro atoms. The van der Waals surface area contributed by atoms with E-state index in [4.69, 9.17) is 10.5 Å². The number of rotatable bonds is 5. The highest BCUT2D eigenvalue weighted by Gasteiger charge is 2.36. The molecule has 4 rings (SSSR count). The van der Waals surface area contributed by atoms with Gasteiger partial charge in [0.25, 0.3) is 0 Å². The predicted molar refractivity (Wildman–Crippen MR) is 109 cm³/mol. The molecule has 10 heteroatoms. The molecular weight excluding hydrogens is 397 g/mol. The monoisotopic (exact) mass is 420 g/mol. The molecule has 30 heavy (non-hydrogen) atoms. The number of aromatic amines is 1. The van der Waals surface area contributed by atoms with Crippen LogP contribution in [0.2, 0.25) is 0 Å². The standard InChI is InChI=1S/C20H23F3N6O/c1-12-8-25-17-16(12)18(28-11-27-17)29-4-3-19(24,10-29)9-26-14-5-13(20(21,22)23)6-15(7-14)30-2/h5-8,11,26H,3-4,9-10,24H2,1-2H3,(H,25,27,28). The fourth-order valence-electron chi connectivity index (χ4n) is 3.82. The molecule has 1 aliphatic heterocycles. The Morgan fingerprint density at radius 2 is 2.10 bits per heavy atom. The first-order valence-electron chi connectivity index (χ1n) is 9.51. The summed E-state index contributed by atoms with van der Waals surface area (Å²) in [5.41, 5.74) is 7.31.